The molecule has 1 aliphatic heterocycles. The van der Waals surface area contributed by atoms with E-state index >= 15 is 0 Å². The van der Waals surface area contributed by atoms with E-state index in [1.165, 1.54) is 0 Å². The summed E-state index contributed by atoms with van der Waals surface area (Å²) in [5, 5.41) is 4.15. The maximum atomic E-state index is 12.8. The Morgan fingerprint density at radius 3 is 2.91 bits per heavy atom. The molecule has 116 valence electrons. The highest BCUT2D eigenvalue weighted by Crippen LogP contribution is 2.31. The predicted octanol–water partition coefficient (Wildman–Crippen LogP) is 3.21. The molecule has 4 heteroatoms. The lowest BCUT2D eigenvalue weighted by molar-refractivity contribution is -0.127. The summed E-state index contributed by atoms with van der Waals surface area (Å²) in [6, 6.07) is 9.89. The van der Waals surface area contributed by atoms with E-state index < -0.39 is 0 Å². The van der Waals surface area contributed by atoms with E-state index in [2.05, 4.69) is 29.2 Å². The van der Waals surface area contributed by atoms with Gasteiger partial charge in [-0.2, -0.15) is 0 Å². The minimum absolute atomic E-state index is 0.106. The molecule has 2 heterocycles. The van der Waals surface area contributed by atoms with Gasteiger partial charge in [0.25, 0.3) is 0 Å². The molecule has 1 saturated heterocycles. The lowest BCUT2D eigenvalue weighted by atomic mass is 9.81. The number of aryl methyl sites for hydroxylation is 1. The number of para-hydroxylation sites is 1. The summed E-state index contributed by atoms with van der Waals surface area (Å²) >= 11 is 0. The first kappa shape index (κ1) is 15.0. The summed E-state index contributed by atoms with van der Waals surface area (Å²) in [6.07, 6.45) is 2.00. The average molecular weight is 297 g/mol. The fourth-order valence-corrected chi connectivity index (χ4v) is 3.36. The van der Waals surface area contributed by atoms with Crippen LogP contribution in [0.2, 0.25) is 0 Å². The Balaban J connectivity index is 1.91. The molecule has 0 saturated carbocycles. The van der Waals surface area contributed by atoms with Crippen LogP contribution in [0.3, 0.4) is 0 Å². The molecular formula is C18H23N3O. The first-order valence-corrected chi connectivity index (χ1v) is 7.84. The van der Waals surface area contributed by atoms with Gasteiger partial charge in [0.2, 0.25) is 5.91 Å². The fourth-order valence-electron chi connectivity index (χ4n) is 3.36. The van der Waals surface area contributed by atoms with Crippen molar-refractivity contribution in [3.05, 3.63) is 36.0 Å². The highest BCUT2D eigenvalue weighted by molar-refractivity contribution is 6.03. The van der Waals surface area contributed by atoms with Crippen LogP contribution in [0.25, 0.3) is 10.9 Å². The van der Waals surface area contributed by atoms with Gasteiger partial charge in [-0.1, -0.05) is 18.2 Å². The number of hydrogen-bond acceptors (Lipinski definition) is 3. The number of piperidine rings is 1. The quantitative estimate of drug-likeness (QED) is 0.925. The first-order chi connectivity index (χ1) is 10.5. The fraction of sp³-hybridized carbons (Fsp3) is 0.444. The Morgan fingerprint density at radius 1 is 1.36 bits per heavy atom. The number of carbonyl (C=O) groups excluding carboxylic acids is 1. The molecular weight excluding hydrogens is 274 g/mol. The van der Waals surface area contributed by atoms with Gasteiger partial charge in [0, 0.05) is 17.6 Å². The van der Waals surface area contributed by atoms with Crippen LogP contribution in [0.5, 0.6) is 0 Å². The molecule has 1 unspecified atom stereocenters. The van der Waals surface area contributed by atoms with Crippen molar-refractivity contribution in [2.75, 3.05) is 25.5 Å². The van der Waals surface area contributed by atoms with Gasteiger partial charge in [-0.3, -0.25) is 9.78 Å². The second-order valence-electron chi connectivity index (χ2n) is 6.68. The number of amides is 1. The topological polar surface area (TPSA) is 45.2 Å². The molecule has 1 aliphatic rings. The van der Waals surface area contributed by atoms with Gasteiger partial charge in [-0.25, -0.2) is 0 Å². The molecule has 1 fully saturated rings. The Morgan fingerprint density at radius 2 is 2.14 bits per heavy atom. The number of carbonyl (C=O) groups is 1. The molecule has 0 radical (unpaired) electrons. The molecule has 1 atom stereocenters. The normalized spacial score (nSPS) is 22.7. The van der Waals surface area contributed by atoms with E-state index in [0.717, 1.165) is 48.2 Å². The van der Waals surface area contributed by atoms with Crippen LogP contribution in [-0.2, 0) is 4.79 Å². The average Bonchev–Trinajstić information content (AvgIpc) is 2.46. The van der Waals surface area contributed by atoms with E-state index in [0.29, 0.717) is 0 Å². The summed E-state index contributed by atoms with van der Waals surface area (Å²) in [4.78, 5) is 19.6. The molecule has 3 rings (SSSR count). The van der Waals surface area contributed by atoms with Gasteiger partial charge in [-0.15, -0.1) is 0 Å². The van der Waals surface area contributed by atoms with E-state index in [-0.39, 0.29) is 11.3 Å². The van der Waals surface area contributed by atoms with Gasteiger partial charge in [0.1, 0.15) is 0 Å². The largest absolute Gasteiger partial charge is 0.325 e. The third-order valence-electron chi connectivity index (χ3n) is 4.53. The molecule has 0 bridgehead atoms. The van der Waals surface area contributed by atoms with Crippen LogP contribution in [0.15, 0.2) is 30.3 Å². The van der Waals surface area contributed by atoms with Crippen molar-refractivity contribution in [2.45, 2.75) is 26.7 Å². The highest BCUT2D eigenvalue weighted by Gasteiger charge is 2.36. The van der Waals surface area contributed by atoms with Crippen LogP contribution in [0.4, 0.5) is 5.69 Å². The van der Waals surface area contributed by atoms with Crippen LogP contribution in [-0.4, -0.2) is 35.9 Å². The van der Waals surface area contributed by atoms with Crippen LogP contribution >= 0.6 is 0 Å². The predicted molar refractivity (Wildman–Crippen MR) is 89.9 cm³/mol. The molecule has 22 heavy (non-hydrogen) atoms. The number of pyridine rings is 1. The molecule has 1 amide bonds. The monoisotopic (exact) mass is 297 g/mol. The van der Waals surface area contributed by atoms with Crippen LogP contribution < -0.4 is 5.32 Å². The molecule has 2 aromatic rings. The second-order valence-corrected chi connectivity index (χ2v) is 6.68. The Bertz CT molecular complexity index is 713. The SMILES string of the molecule is Cc1cc(NC(=O)C2(C)CCCN(C)C2)c2ccccc2n1. The summed E-state index contributed by atoms with van der Waals surface area (Å²) in [7, 11) is 2.08. The van der Waals surface area contributed by atoms with Gasteiger partial charge < -0.3 is 10.2 Å². The number of likely N-dealkylation sites (tertiary alicyclic amines) is 1. The lowest BCUT2D eigenvalue weighted by Gasteiger charge is -2.37. The number of benzene rings is 1. The van der Waals surface area contributed by atoms with Gasteiger partial charge >= 0.3 is 0 Å². The third kappa shape index (κ3) is 2.83. The molecule has 0 aliphatic carbocycles. The van der Waals surface area contributed by atoms with E-state index in [1.54, 1.807) is 0 Å². The molecule has 4 nitrogen and oxygen atoms in total. The minimum Gasteiger partial charge on any atom is -0.325 e. The van der Waals surface area contributed by atoms with Crippen molar-refractivity contribution in [1.82, 2.24) is 9.88 Å². The number of rotatable bonds is 2. The zero-order chi connectivity index (χ0) is 15.7. The number of fused-ring (bicyclic) bond motifs is 1. The van der Waals surface area contributed by atoms with Crippen molar-refractivity contribution < 1.29 is 4.79 Å². The number of hydrogen-bond donors (Lipinski definition) is 1. The standard InChI is InChI=1S/C18H23N3O/c1-13-11-16(14-7-4-5-8-15(14)19-13)20-17(22)18(2)9-6-10-21(3)12-18/h4-5,7-8,11H,6,9-10,12H2,1-3H3,(H,19,20,22). The maximum Gasteiger partial charge on any atom is 0.231 e. The summed E-state index contributed by atoms with van der Waals surface area (Å²) < 4.78 is 0. The van der Waals surface area contributed by atoms with Crippen molar-refractivity contribution in [2.24, 2.45) is 5.41 Å². The zero-order valence-electron chi connectivity index (χ0n) is 13.5. The molecule has 1 N–H and O–H groups in total. The smallest absolute Gasteiger partial charge is 0.231 e. The highest BCUT2D eigenvalue weighted by atomic mass is 16.2. The molecule has 1 aromatic carbocycles. The number of anilines is 1. The summed E-state index contributed by atoms with van der Waals surface area (Å²) in [5.41, 5.74) is 2.37. The number of aromatic nitrogens is 1. The van der Waals surface area contributed by atoms with Gasteiger partial charge in [-0.05, 0) is 52.4 Å². The molecule has 1 aromatic heterocycles. The zero-order valence-corrected chi connectivity index (χ0v) is 13.5. The third-order valence-corrected chi connectivity index (χ3v) is 4.53. The van der Waals surface area contributed by atoms with E-state index in [4.69, 9.17) is 0 Å². The van der Waals surface area contributed by atoms with Crippen molar-refractivity contribution >= 4 is 22.5 Å². The Kier molecular flexibility index (Phi) is 3.87. The van der Waals surface area contributed by atoms with Gasteiger partial charge in [0.05, 0.1) is 16.6 Å². The maximum absolute atomic E-state index is 12.8. The van der Waals surface area contributed by atoms with Crippen molar-refractivity contribution in [3.63, 3.8) is 0 Å². The Hall–Kier alpha value is -1.94. The molecule has 0 spiro atoms. The minimum atomic E-state index is -0.328. The summed E-state index contributed by atoms with van der Waals surface area (Å²) in [6.45, 7) is 5.90. The summed E-state index contributed by atoms with van der Waals surface area (Å²) in [5.74, 6) is 0.106. The number of nitrogens with zero attached hydrogens (tertiary/aromatic N) is 2. The first-order valence-electron chi connectivity index (χ1n) is 7.84. The van der Waals surface area contributed by atoms with E-state index in [9.17, 15) is 4.79 Å². The Labute approximate surface area is 131 Å². The lowest BCUT2D eigenvalue weighted by Crippen LogP contribution is -2.46. The van der Waals surface area contributed by atoms with Gasteiger partial charge in [0.15, 0.2) is 0 Å². The number of nitrogens with one attached hydrogen (secondary N) is 1. The van der Waals surface area contributed by atoms with Crippen LogP contribution in [0, 0.1) is 12.3 Å². The van der Waals surface area contributed by atoms with Crippen molar-refractivity contribution in [1.29, 1.82) is 0 Å². The second kappa shape index (κ2) is 5.69. The van der Waals surface area contributed by atoms with E-state index in [1.807, 2.05) is 37.3 Å². The van der Waals surface area contributed by atoms with Crippen LogP contribution in [0.1, 0.15) is 25.5 Å². The van der Waals surface area contributed by atoms with Crippen molar-refractivity contribution in [3.8, 4) is 0 Å².